The molecule has 0 aromatic carbocycles. The molecule has 0 bridgehead atoms. The van der Waals surface area contributed by atoms with E-state index in [2.05, 4.69) is 15.0 Å². The van der Waals surface area contributed by atoms with E-state index in [1.54, 1.807) is 18.7 Å². The van der Waals surface area contributed by atoms with Crippen LogP contribution >= 0.6 is 19.5 Å². The number of nitrogens with two attached hydrogens (primary N) is 2. The maximum atomic E-state index is 12.9. The molecular weight excluding hydrogens is 437 g/mol. The summed E-state index contributed by atoms with van der Waals surface area (Å²) < 4.78 is 38.2. The summed E-state index contributed by atoms with van der Waals surface area (Å²) >= 11 is 1.08. The molecule has 1 fully saturated rings. The topological polar surface area (TPSA) is 170 Å². The van der Waals surface area contributed by atoms with Gasteiger partial charge in [0, 0.05) is 12.7 Å². The molecule has 2 aromatic heterocycles. The molecule has 1 aliphatic heterocycles. The van der Waals surface area contributed by atoms with Crippen molar-refractivity contribution in [2.24, 2.45) is 0 Å². The minimum absolute atomic E-state index is 0.0209. The molecule has 0 aliphatic carbocycles. The maximum Gasteiger partial charge on any atom is 0.407 e. The molecule has 13 nitrogen and oxygen atoms in total. The molecule has 3 heterocycles. The van der Waals surface area contributed by atoms with Crippen molar-refractivity contribution in [2.75, 3.05) is 51.1 Å². The van der Waals surface area contributed by atoms with Crippen molar-refractivity contribution in [1.29, 1.82) is 0 Å². The lowest BCUT2D eigenvalue weighted by molar-refractivity contribution is -0.109. The van der Waals surface area contributed by atoms with E-state index in [1.165, 1.54) is 17.9 Å². The fourth-order valence-corrected chi connectivity index (χ4v) is 4.35. The summed E-state index contributed by atoms with van der Waals surface area (Å²) in [6.45, 7) is 1.61. The molecule has 3 rings (SSSR count). The number of nitrogens with zero attached hydrogens (tertiary/aromatic N) is 5. The highest BCUT2D eigenvalue weighted by atomic mass is 32.2. The SMILES string of the molecule is CC(=O)SCCOP(=O)(OC[C@@H]1OC[C@H](n2cnc3c(N)nc(N)nc32)O1)N(C)C. The highest BCUT2D eigenvalue weighted by molar-refractivity contribution is 8.13. The zero-order valence-electron chi connectivity index (χ0n) is 16.8. The van der Waals surface area contributed by atoms with Gasteiger partial charge in [-0.3, -0.25) is 18.4 Å². The lowest BCUT2D eigenvalue weighted by atomic mass is 10.5. The van der Waals surface area contributed by atoms with Crippen LogP contribution in [-0.2, 0) is 27.9 Å². The van der Waals surface area contributed by atoms with Crippen molar-refractivity contribution in [3.05, 3.63) is 6.33 Å². The molecule has 166 valence electrons. The van der Waals surface area contributed by atoms with Crippen LogP contribution in [0, 0.1) is 0 Å². The number of ether oxygens (including phenoxy) is 2. The standard InChI is InChI=1S/C15H24N7O6PS/c1-9(23)30-5-4-26-29(24,21(2)3)27-7-11-25-6-10(28-11)22-8-18-12-13(16)19-15(17)20-14(12)22/h8,10-11H,4-7H2,1-3H3,(H4,16,17,19,20)/t10-,11-,29?/m1/s1. The first-order valence-corrected chi connectivity index (χ1v) is 11.4. The first-order chi connectivity index (χ1) is 14.2. The monoisotopic (exact) mass is 461 g/mol. The number of carbonyl (C=O) groups excluding carboxylic acids is 1. The number of rotatable bonds is 9. The minimum atomic E-state index is -3.56. The largest absolute Gasteiger partial charge is 0.407 e. The van der Waals surface area contributed by atoms with E-state index in [0.717, 1.165) is 11.8 Å². The molecule has 0 amide bonds. The first kappa shape index (κ1) is 22.9. The van der Waals surface area contributed by atoms with Crippen LogP contribution in [0.4, 0.5) is 11.8 Å². The van der Waals surface area contributed by atoms with Crippen LogP contribution < -0.4 is 11.5 Å². The van der Waals surface area contributed by atoms with Crippen molar-refractivity contribution in [1.82, 2.24) is 24.2 Å². The third-order valence-corrected chi connectivity index (χ3v) is 6.76. The molecule has 15 heteroatoms. The fraction of sp³-hybridized carbons (Fsp3) is 0.600. The first-order valence-electron chi connectivity index (χ1n) is 8.92. The van der Waals surface area contributed by atoms with Crippen LogP contribution in [-0.4, -0.2) is 75.3 Å². The van der Waals surface area contributed by atoms with Gasteiger partial charge in [-0.1, -0.05) is 11.8 Å². The zero-order valence-corrected chi connectivity index (χ0v) is 18.5. The summed E-state index contributed by atoms with van der Waals surface area (Å²) in [6, 6.07) is 0. The Kier molecular flexibility index (Phi) is 7.29. The maximum absolute atomic E-state index is 12.9. The number of hydrogen-bond acceptors (Lipinski definition) is 12. The molecule has 30 heavy (non-hydrogen) atoms. The number of fused-ring (bicyclic) bond motifs is 1. The summed E-state index contributed by atoms with van der Waals surface area (Å²) in [7, 11) is -0.413. The van der Waals surface area contributed by atoms with Gasteiger partial charge in [0.25, 0.3) is 0 Å². The van der Waals surface area contributed by atoms with Crippen molar-refractivity contribution >= 4 is 47.6 Å². The summed E-state index contributed by atoms with van der Waals surface area (Å²) in [6.07, 6.45) is 0.170. The Morgan fingerprint density at radius 1 is 1.40 bits per heavy atom. The highest BCUT2D eigenvalue weighted by Crippen LogP contribution is 2.50. The smallest absolute Gasteiger partial charge is 0.382 e. The molecular formula is C15H24N7O6PS. The summed E-state index contributed by atoms with van der Waals surface area (Å²) in [4.78, 5) is 23.2. The molecule has 1 unspecified atom stereocenters. The van der Waals surface area contributed by atoms with Gasteiger partial charge in [0.1, 0.15) is 12.1 Å². The lowest BCUT2D eigenvalue weighted by Crippen LogP contribution is -2.21. The van der Waals surface area contributed by atoms with E-state index < -0.39 is 20.3 Å². The number of hydrogen-bond donors (Lipinski definition) is 2. The highest BCUT2D eigenvalue weighted by Gasteiger charge is 2.34. The summed E-state index contributed by atoms with van der Waals surface area (Å²) in [5, 5.41) is -0.0428. The molecule has 0 saturated carbocycles. The van der Waals surface area contributed by atoms with E-state index in [4.69, 9.17) is 30.0 Å². The van der Waals surface area contributed by atoms with E-state index in [0.29, 0.717) is 16.9 Å². The van der Waals surface area contributed by atoms with Gasteiger partial charge in [0.05, 0.1) is 19.5 Å². The Morgan fingerprint density at radius 2 is 2.17 bits per heavy atom. The number of anilines is 2. The molecule has 4 N–H and O–H groups in total. The van der Waals surface area contributed by atoms with Crippen LogP contribution in [0.25, 0.3) is 11.2 Å². The second kappa shape index (κ2) is 9.56. The predicted octanol–water partition coefficient (Wildman–Crippen LogP) is 0.845. The molecule has 2 aromatic rings. The minimum Gasteiger partial charge on any atom is -0.382 e. The Labute approximate surface area is 177 Å². The molecule has 0 radical (unpaired) electrons. The summed E-state index contributed by atoms with van der Waals surface area (Å²) in [5.74, 6) is 0.561. The van der Waals surface area contributed by atoms with Crippen molar-refractivity contribution in [2.45, 2.75) is 19.4 Å². The number of thioether (sulfide) groups is 1. The fourth-order valence-electron chi connectivity index (χ4n) is 2.60. The second-order valence-electron chi connectivity index (χ2n) is 6.43. The van der Waals surface area contributed by atoms with Crippen LogP contribution in [0.3, 0.4) is 0 Å². The number of carbonyl (C=O) groups is 1. The van der Waals surface area contributed by atoms with Gasteiger partial charge in [0.15, 0.2) is 29.1 Å². The average molecular weight is 461 g/mol. The van der Waals surface area contributed by atoms with E-state index in [1.807, 2.05) is 0 Å². The predicted molar refractivity (Wildman–Crippen MR) is 110 cm³/mol. The normalized spacial score (nSPS) is 21.3. The van der Waals surface area contributed by atoms with Crippen molar-refractivity contribution in [3.8, 4) is 0 Å². The summed E-state index contributed by atoms with van der Waals surface area (Å²) in [5.41, 5.74) is 12.3. The number of imidazole rings is 1. The second-order valence-corrected chi connectivity index (χ2v) is 9.95. The van der Waals surface area contributed by atoms with Crippen molar-refractivity contribution in [3.63, 3.8) is 0 Å². The van der Waals surface area contributed by atoms with Gasteiger partial charge in [-0.2, -0.15) is 9.97 Å². The van der Waals surface area contributed by atoms with Crippen LogP contribution in [0.15, 0.2) is 6.33 Å². The zero-order chi connectivity index (χ0) is 21.9. The Hall–Kier alpha value is -1.80. The Balaban J connectivity index is 1.59. The number of nitrogen functional groups attached to an aromatic ring is 2. The van der Waals surface area contributed by atoms with Gasteiger partial charge in [-0.05, 0) is 14.1 Å². The Morgan fingerprint density at radius 3 is 2.87 bits per heavy atom. The van der Waals surface area contributed by atoms with Crippen molar-refractivity contribution < 1.29 is 27.9 Å². The van der Waals surface area contributed by atoms with Gasteiger partial charge >= 0.3 is 7.75 Å². The third kappa shape index (κ3) is 5.27. The van der Waals surface area contributed by atoms with E-state index >= 15 is 0 Å². The lowest BCUT2D eigenvalue weighted by Gasteiger charge is -2.24. The molecule has 3 atom stereocenters. The van der Waals surface area contributed by atoms with Crippen LogP contribution in [0.5, 0.6) is 0 Å². The molecule has 1 aliphatic rings. The third-order valence-electron chi connectivity index (χ3n) is 4.02. The van der Waals surface area contributed by atoms with Gasteiger partial charge in [-0.15, -0.1) is 0 Å². The van der Waals surface area contributed by atoms with Crippen LogP contribution in [0.1, 0.15) is 13.2 Å². The van der Waals surface area contributed by atoms with Gasteiger partial charge in [-0.25, -0.2) is 14.2 Å². The Bertz CT molecular complexity index is 957. The number of aromatic nitrogens is 4. The van der Waals surface area contributed by atoms with Crippen LogP contribution in [0.2, 0.25) is 0 Å². The molecule has 0 spiro atoms. The van der Waals surface area contributed by atoms with E-state index in [-0.39, 0.29) is 36.7 Å². The molecule has 1 saturated heterocycles. The average Bonchev–Trinajstić information content (AvgIpc) is 3.30. The van der Waals surface area contributed by atoms with E-state index in [9.17, 15) is 9.36 Å². The van der Waals surface area contributed by atoms with Gasteiger partial charge < -0.3 is 20.9 Å². The quantitative estimate of drug-likeness (QED) is 0.398. The van der Waals surface area contributed by atoms with Gasteiger partial charge in [0.2, 0.25) is 5.95 Å².